The molecular formula is C18H20ClN5O2. The van der Waals surface area contributed by atoms with Crippen LogP contribution in [0.3, 0.4) is 0 Å². The van der Waals surface area contributed by atoms with Gasteiger partial charge in [0.1, 0.15) is 0 Å². The zero-order valence-electron chi connectivity index (χ0n) is 14.3. The van der Waals surface area contributed by atoms with Crippen molar-refractivity contribution in [3.63, 3.8) is 0 Å². The van der Waals surface area contributed by atoms with Crippen LogP contribution in [-0.4, -0.2) is 33.9 Å². The number of nitrogens with zero attached hydrogens (tertiary/aromatic N) is 4. The topological polar surface area (TPSA) is 74.1 Å². The minimum absolute atomic E-state index is 0. The van der Waals surface area contributed by atoms with Crippen molar-refractivity contribution in [2.75, 3.05) is 13.7 Å². The SMILES string of the molecule is C=CCNCc1ccc(Oc2nnnn2-c2ccccc2)c(OC)c1.Cl. The molecule has 2 aromatic carbocycles. The predicted octanol–water partition coefficient (Wildman–Crippen LogP) is 3.16. The normalized spacial score (nSPS) is 10.0. The molecule has 0 aliphatic heterocycles. The first-order valence-corrected chi connectivity index (χ1v) is 7.82. The highest BCUT2D eigenvalue weighted by molar-refractivity contribution is 5.85. The van der Waals surface area contributed by atoms with E-state index >= 15 is 0 Å². The molecule has 0 amide bonds. The van der Waals surface area contributed by atoms with Crippen LogP contribution in [0, 0.1) is 0 Å². The summed E-state index contributed by atoms with van der Waals surface area (Å²) in [5, 5.41) is 14.9. The second kappa shape index (κ2) is 9.55. The molecule has 0 saturated heterocycles. The third-order valence-corrected chi connectivity index (χ3v) is 3.49. The summed E-state index contributed by atoms with van der Waals surface area (Å²) in [6, 6.07) is 15.5. The van der Waals surface area contributed by atoms with E-state index in [9.17, 15) is 0 Å². The van der Waals surface area contributed by atoms with Crippen LogP contribution in [0.5, 0.6) is 17.5 Å². The molecule has 0 aliphatic rings. The van der Waals surface area contributed by atoms with E-state index in [2.05, 4.69) is 27.4 Å². The van der Waals surface area contributed by atoms with Crippen molar-refractivity contribution in [2.24, 2.45) is 0 Å². The lowest BCUT2D eigenvalue weighted by molar-refractivity contribution is 0.362. The number of ether oxygens (including phenoxy) is 2. The Balaban J connectivity index is 0.00000243. The van der Waals surface area contributed by atoms with Crippen LogP contribution in [0.1, 0.15) is 5.56 Å². The van der Waals surface area contributed by atoms with E-state index < -0.39 is 0 Å². The number of halogens is 1. The van der Waals surface area contributed by atoms with Gasteiger partial charge in [0.2, 0.25) is 0 Å². The minimum atomic E-state index is 0. The molecule has 0 saturated carbocycles. The molecule has 3 aromatic rings. The van der Waals surface area contributed by atoms with Gasteiger partial charge in [-0.05, 0) is 40.3 Å². The molecular weight excluding hydrogens is 354 g/mol. The molecule has 0 radical (unpaired) electrons. The molecule has 0 spiro atoms. The Hall–Kier alpha value is -2.90. The predicted molar refractivity (Wildman–Crippen MR) is 101 cm³/mol. The fourth-order valence-electron chi connectivity index (χ4n) is 2.30. The summed E-state index contributed by atoms with van der Waals surface area (Å²) in [5.41, 5.74) is 1.89. The molecule has 0 atom stereocenters. The van der Waals surface area contributed by atoms with Crippen molar-refractivity contribution >= 4 is 12.4 Å². The number of hydrogen-bond acceptors (Lipinski definition) is 6. The summed E-state index contributed by atoms with van der Waals surface area (Å²) >= 11 is 0. The highest BCUT2D eigenvalue weighted by Gasteiger charge is 2.14. The molecule has 1 aromatic heterocycles. The molecule has 0 fully saturated rings. The van der Waals surface area contributed by atoms with E-state index in [0.717, 1.165) is 17.8 Å². The van der Waals surface area contributed by atoms with Gasteiger partial charge in [-0.2, -0.15) is 4.68 Å². The lowest BCUT2D eigenvalue weighted by Crippen LogP contribution is -2.12. The van der Waals surface area contributed by atoms with Crippen LogP contribution < -0.4 is 14.8 Å². The molecule has 136 valence electrons. The number of hydrogen-bond donors (Lipinski definition) is 1. The van der Waals surface area contributed by atoms with Crippen LogP contribution in [0.15, 0.2) is 61.2 Å². The fourth-order valence-corrected chi connectivity index (χ4v) is 2.30. The highest BCUT2D eigenvalue weighted by Crippen LogP contribution is 2.31. The summed E-state index contributed by atoms with van der Waals surface area (Å²) in [6.07, 6.45) is 1.82. The van der Waals surface area contributed by atoms with Crippen molar-refractivity contribution in [1.82, 2.24) is 25.5 Å². The van der Waals surface area contributed by atoms with Gasteiger partial charge in [0.05, 0.1) is 12.8 Å². The maximum atomic E-state index is 5.87. The van der Waals surface area contributed by atoms with Gasteiger partial charge in [-0.3, -0.25) is 0 Å². The first kappa shape index (κ1) is 19.4. The molecule has 0 unspecified atom stereocenters. The van der Waals surface area contributed by atoms with Gasteiger partial charge in [-0.25, -0.2) is 0 Å². The van der Waals surface area contributed by atoms with Crippen LogP contribution >= 0.6 is 12.4 Å². The van der Waals surface area contributed by atoms with Gasteiger partial charge in [-0.1, -0.05) is 35.4 Å². The number of tetrazole rings is 1. The quantitative estimate of drug-likeness (QED) is 0.483. The molecule has 7 nitrogen and oxygen atoms in total. The van der Waals surface area contributed by atoms with Gasteiger partial charge < -0.3 is 14.8 Å². The first-order valence-electron chi connectivity index (χ1n) is 7.82. The molecule has 0 bridgehead atoms. The zero-order chi connectivity index (χ0) is 17.5. The smallest absolute Gasteiger partial charge is 0.346 e. The minimum Gasteiger partial charge on any atom is -0.493 e. The number of para-hydroxylation sites is 1. The largest absolute Gasteiger partial charge is 0.493 e. The summed E-state index contributed by atoms with van der Waals surface area (Å²) in [4.78, 5) is 0. The Morgan fingerprint density at radius 3 is 2.69 bits per heavy atom. The molecule has 8 heteroatoms. The molecule has 1 N–H and O–H groups in total. The Morgan fingerprint density at radius 2 is 1.96 bits per heavy atom. The van der Waals surface area contributed by atoms with E-state index in [1.165, 1.54) is 4.68 Å². The monoisotopic (exact) mass is 373 g/mol. The number of aromatic nitrogens is 4. The average molecular weight is 374 g/mol. The summed E-state index contributed by atoms with van der Waals surface area (Å²) in [6.45, 7) is 5.14. The number of rotatable bonds is 8. The second-order valence-electron chi connectivity index (χ2n) is 5.22. The van der Waals surface area contributed by atoms with E-state index in [0.29, 0.717) is 18.0 Å². The molecule has 26 heavy (non-hydrogen) atoms. The lowest BCUT2D eigenvalue weighted by Gasteiger charge is -2.11. The van der Waals surface area contributed by atoms with Gasteiger partial charge >= 0.3 is 6.01 Å². The van der Waals surface area contributed by atoms with Crippen LogP contribution in [0.4, 0.5) is 0 Å². The maximum absolute atomic E-state index is 5.87. The Kier molecular flexibility index (Phi) is 7.13. The van der Waals surface area contributed by atoms with E-state index in [1.54, 1.807) is 7.11 Å². The zero-order valence-corrected chi connectivity index (χ0v) is 15.1. The summed E-state index contributed by atoms with van der Waals surface area (Å²) in [7, 11) is 1.60. The third-order valence-electron chi connectivity index (χ3n) is 3.49. The van der Waals surface area contributed by atoms with Crippen molar-refractivity contribution in [3.05, 3.63) is 66.7 Å². The number of benzene rings is 2. The summed E-state index contributed by atoms with van der Waals surface area (Å²) in [5.74, 6) is 1.16. The van der Waals surface area contributed by atoms with Crippen molar-refractivity contribution in [3.8, 4) is 23.2 Å². The van der Waals surface area contributed by atoms with Crippen LogP contribution in [-0.2, 0) is 6.54 Å². The highest BCUT2D eigenvalue weighted by atomic mass is 35.5. The number of nitrogens with one attached hydrogen (secondary N) is 1. The number of methoxy groups -OCH3 is 1. The van der Waals surface area contributed by atoms with E-state index in [-0.39, 0.29) is 18.4 Å². The van der Waals surface area contributed by atoms with Gasteiger partial charge in [0.25, 0.3) is 0 Å². The molecule has 0 aliphatic carbocycles. The van der Waals surface area contributed by atoms with Gasteiger partial charge in [-0.15, -0.1) is 19.0 Å². The lowest BCUT2D eigenvalue weighted by atomic mass is 10.2. The van der Waals surface area contributed by atoms with Gasteiger partial charge in [0.15, 0.2) is 11.5 Å². The van der Waals surface area contributed by atoms with E-state index in [4.69, 9.17) is 9.47 Å². The Morgan fingerprint density at radius 1 is 1.15 bits per heavy atom. The fraction of sp³-hybridized carbons (Fsp3) is 0.167. The Labute approximate surface area is 158 Å². The molecule has 1 heterocycles. The van der Waals surface area contributed by atoms with Crippen LogP contribution in [0.2, 0.25) is 0 Å². The molecule has 3 rings (SSSR count). The van der Waals surface area contributed by atoms with Crippen molar-refractivity contribution < 1.29 is 9.47 Å². The van der Waals surface area contributed by atoms with Crippen molar-refractivity contribution in [1.29, 1.82) is 0 Å². The van der Waals surface area contributed by atoms with Crippen LogP contribution in [0.25, 0.3) is 5.69 Å². The Bertz CT molecular complexity index is 839. The van der Waals surface area contributed by atoms with Gasteiger partial charge in [0, 0.05) is 13.1 Å². The summed E-state index contributed by atoms with van der Waals surface area (Å²) < 4.78 is 12.8. The average Bonchev–Trinajstić information content (AvgIpc) is 3.12. The standard InChI is InChI=1S/C18H19N5O2.ClH/c1-3-11-19-13-14-9-10-16(17(12-14)24-2)25-18-20-21-22-23(18)15-7-5-4-6-8-15;/h3-10,12,19H,1,11,13H2,2H3;1H. The maximum Gasteiger partial charge on any atom is 0.346 e. The first-order chi connectivity index (χ1) is 12.3. The van der Waals surface area contributed by atoms with Crippen molar-refractivity contribution in [2.45, 2.75) is 6.54 Å². The second-order valence-corrected chi connectivity index (χ2v) is 5.22. The van der Waals surface area contributed by atoms with E-state index in [1.807, 2.05) is 54.6 Å². The third kappa shape index (κ3) is 4.59.